The third-order valence-electron chi connectivity index (χ3n) is 4.86. The zero-order chi connectivity index (χ0) is 20.8. The molecule has 1 saturated heterocycles. The molecule has 2 aromatic rings. The van der Waals surface area contributed by atoms with Gasteiger partial charge < -0.3 is 19.3 Å². The third-order valence-corrected chi connectivity index (χ3v) is 5.10. The van der Waals surface area contributed by atoms with E-state index in [-0.39, 0.29) is 12.5 Å². The zero-order valence-corrected chi connectivity index (χ0v) is 17.4. The summed E-state index contributed by atoms with van der Waals surface area (Å²) in [6.07, 6.45) is -0.822. The summed E-state index contributed by atoms with van der Waals surface area (Å²) >= 11 is 5.93. The van der Waals surface area contributed by atoms with Gasteiger partial charge in [-0.2, -0.15) is 0 Å². The number of carbonyl (C=O) groups excluding carboxylic acids is 2. The van der Waals surface area contributed by atoms with Crippen molar-refractivity contribution in [2.24, 2.45) is 0 Å². The Balaban J connectivity index is 1.43. The van der Waals surface area contributed by atoms with Gasteiger partial charge in [-0.1, -0.05) is 29.8 Å². The molecule has 0 radical (unpaired) electrons. The maximum atomic E-state index is 12.4. The van der Waals surface area contributed by atoms with Crippen LogP contribution in [0.15, 0.2) is 48.5 Å². The molecule has 1 atom stereocenters. The summed E-state index contributed by atoms with van der Waals surface area (Å²) in [5, 5.41) is 0.600. The lowest BCUT2D eigenvalue weighted by molar-refractivity contribution is -0.157. The number of para-hydroxylation sites is 1. The molecule has 0 N–H and O–H groups in total. The smallest absolute Gasteiger partial charge is 0.347 e. The van der Waals surface area contributed by atoms with Crippen molar-refractivity contribution in [2.45, 2.75) is 20.0 Å². The quantitative estimate of drug-likeness (QED) is 0.676. The Morgan fingerprint density at radius 2 is 1.76 bits per heavy atom. The van der Waals surface area contributed by atoms with Crippen LogP contribution >= 0.6 is 11.6 Å². The van der Waals surface area contributed by atoms with Crippen LogP contribution in [0.4, 0.5) is 5.69 Å². The van der Waals surface area contributed by atoms with E-state index in [0.717, 1.165) is 24.3 Å². The maximum absolute atomic E-state index is 12.4. The average molecular weight is 417 g/mol. The van der Waals surface area contributed by atoms with Crippen LogP contribution in [-0.2, 0) is 14.3 Å². The number of nitrogens with zero attached hydrogens (tertiary/aromatic N) is 2. The van der Waals surface area contributed by atoms with Crippen LogP contribution in [0.1, 0.15) is 12.5 Å². The number of carbonyl (C=O) groups is 2. The fourth-order valence-electron chi connectivity index (χ4n) is 3.18. The first kappa shape index (κ1) is 21.0. The molecule has 3 rings (SSSR count). The highest BCUT2D eigenvalue weighted by atomic mass is 35.5. The predicted octanol–water partition coefficient (Wildman–Crippen LogP) is 3.31. The molecule has 0 aliphatic carbocycles. The van der Waals surface area contributed by atoms with Gasteiger partial charge in [0, 0.05) is 36.9 Å². The Hall–Kier alpha value is -2.73. The van der Waals surface area contributed by atoms with Gasteiger partial charge in [0.05, 0.1) is 0 Å². The number of piperazine rings is 1. The van der Waals surface area contributed by atoms with E-state index >= 15 is 0 Å². The lowest BCUT2D eigenvalue weighted by Crippen LogP contribution is -2.50. The second-order valence-electron chi connectivity index (χ2n) is 6.98. The van der Waals surface area contributed by atoms with Crippen LogP contribution in [0, 0.1) is 6.92 Å². The van der Waals surface area contributed by atoms with Crippen molar-refractivity contribution in [3.05, 3.63) is 59.1 Å². The number of aryl methyl sites for hydroxylation is 1. The molecular formula is C22H25ClN2O4. The van der Waals surface area contributed by atoms with Gasteiger partial charge in [-0.25, -0.2) is 4.79 Å². The molecule has 0 spiro atoms. The number of benzene rings is 2. The molecule has 7 heteroatoms. The summed E-state index contributed by atoms with van der Waals surface area (Å²) in [7, 11) is 0. The van der Waals surface area contributed by atoms with Gasteiger partial charge in [0.15, 0.2) is 12.7 Å². The molecule has 154 valence electrons. The Morgan fingerprint density at radius 3 is 2.41 bits per heavy atom. The van der Waals surface area contributed by atoms with Gasteiger partial charge in [0.1, 0.15) is 5.75 Å². The summed E-state index contributed by atoms with van der Waals surface area (Å²) < 4.78 is 10.8. The van der Waals surface area contributed by atoms with Gasteiger partial charge in [-0.05, 0) is 49.7 Å². The van der Waals surface area contributed by atoms with Crippen LogP contribution in [0.5, 0.6) is 5.75 Å². The number of halogens is 1. The Labute approximate surface area is 176 Å². The van der Waals surface area contributed by atoms with Gasteiger partial charge in [-0.3, -0.25) is 4.79 Å². The molecule has 29 heavy (non-hydrogen) atoms. The van der Waals surface area contributed by atoms with Crippen LogP contribution in [0.2, 0.25) is 5.02 Å². The Morgan fingerprint density at radius 1 is 1.07 bits per heavy atom. The molecule has 2 aromatic carbocycles. The van der Waals surface area contributed by atoms with E-state index in [0.29, 0.717) is 23.9 Å². The fourth-order valence-corrected chi connectivity index (χ4v) is 3.40. The van der Waals surface area contributed by atoms with E-state index in [4.69, 9.17) is 21.1 Å². The highest BCUT2D eigenvalue weighted by Gasteiger charge is 2.24. The third kappa shape index (κ3) is 5.64. The number of rotatable bonds is 6. The number of amides is 1. The SMILES string of the molecule is Cc1cc(Cl)ccc1OC(C)C(=O)OCC(=O)N1CCN(c2ccccc2)CC1. The maximum Gasteiger partial charge on any atom is 0.347 e. The average Bonchev–Trinajstić information content (AvgIpc) is 2.74. The van der Waals surface area contributed by atoms with Crippen LogP contribution < -0.4 is 9.64 Å². The van der Waals surface area contributed by atoms with Gasteiger partial charge in [-0.15, -0.1) is 0 Å². The standard InChI is InChI=1S/C22H25ClN2O4/c1-16-14-18(23)8-9-20(16)29-17(2)22(27)28-15-21(26)25-12-10-24(11-13-25)19-6-4-3-5-7-19/h3-9,14,17H,10-13,15H2,1-2H3. The normalized spacial score (nSPS) is 15.0. The summed E-state index contributed by atoms with van der Waals surface area (Å²) in [5.74, 6) is -0.209. The second-order valence-corrected chi connectivity index (χ2v) is 7.42. The zero-order valence-electron chi connectivity index (χ0n) is 16.6. The first-order valence-corrected chi connectivity index (χ1v) is 9.99. The van der Waals surface area contributed by atoms with Crippen molar-refractivity contribution in [3.63, 3.8) is 0 Å². The molecular weight excluding hydrogens is 392 g/mol. The molecule has 1 amide bonds. The minimum atomic E-state index is -0.822. The molecule has 1 aliphatic heterocycles. The number of hydrogen-bond donors (Lipinski definition) is 0. The number of anilines is 1. The summed E-state index contributed by atoms with van der Waals surface area (Å²) in [4.78, 5) is 28.6. The van der Waals surface area contributed by atoms with Crippen molar-refractivity contribution in [3.8, 4) is 5.75 Å². The van der Waals surface area contributed by atoms with Crippen molar-refractivity contribution < 1.29 is 19.1 Å². The van der Waals surface area contributed by atoms with Crippen molar-refractivity contribution >= 4 is 29.2 Å². The number of ether oxygens (including phenoxy) is 2. The van der Waals surface area contributed by atoms with Crippen LogP contribution in [0.25, 0.3) is 0 Å². The van der Waals surface area contributed by atoms with E-state index in [9.17, 15) is 9.59 Å². The molecule has 1 unspecified atom stereocenters. The minimum absolute atomic E-state index is 0.194. The van der Waals surface area contributed by atoms with Crippen LogP contribution in [0.3, 0.4) is 0 Å². The number of esters is 1. The minimum Gasteiger partial charge on any atom is -0.479 e. The van der Waals surface area contributed by atoms with Gasteiger partial charge in [0.2, 0.25) is 0 Å². The molecule has 1 fully saturated rings. The molecule has 6 nitrogen and oxygen atoms in total. The first-order valence-electron chi connectivity index (χ1n) is 9.61. The van der Waals surface area contributed by atoms with E-state index in [1.807, 2.05) is 25.1 Å². The monoisotopic (exact) mass is 416 g/mol. The lowest BCUT2D eigenvalue weighted by atomic mass is 10.2. The fraction of sp³-hybridized carbons (Fsp3) is 0.364. The second kappa shape index (κ2) is 9.65. The topological polar surface area (TPSA) is 59.1 Å². The molecule has 1 heterocycles. The first-order chi connectivity index (χ1) is 13.9. The van der Waals surface area contributed by atoms with Gasteiger partial charge in [0.25, 0.3) is 5.91 Å². The van der Waals surface area contributed by atoms with E-state index < -0.39 is 12.1 Å². The molecule has 0 saturated carbocycles. The highest BCUT2D eigenvalue weighted by Crippen LogP contribution is 2.23. The van der Waals surface area contributed by atoms with E-state index in [1.54, 1.807) is 30.0 Å². The van der Waals surface area contributed by atoms with E-state index in [2.05, 4.69) is 17.0 Å². The van der Waals surface area contributed by atoms with Gasteiger partial charge >= 0.3 is 5.97 Å². The summed E-state index contributed by atoms with van der Waals surface area (Å²) in [5.41, 5.74) is 1.97. The molecule has 0 aromatic heterocycles. The molecule has 0 bridgehead atoms. The summed E-state index contributed by atoms with van der Waals surface area (Å²) in [6, 6.07) is 15.3. The van der Waals surface area contributed by atoms with Crippen molar-refractivity contribution in [1.29, 1.82) is 0 Å². The van der Waals surface area contributed by atoms with E-state index in [1.165, 1.54) is 0 Å². The lowest BCUT2D eigenvalue weighted by Gasteiger charge is -2.36. The highest BCUT2D eigenvalue weighted by molar-refractivity contribution is 6.30. The summed E-state index contributed by atoms with van der Waals surface area (Å²) in [6.45, 7) is 5.86. The Bertz CT molecular complexity index is 851. The number of hydrogen-bond acceptors (Lipinski definition) is 5. The van der Waals surface area contributed by atoms with Crippen molar-refractivity contribution in [1.82, 2.24) is 4.90 Å². The van der Waals surface area contributed by atoms with Crippen LogP contribution in [-0.4, -0.2) is 55.7 Å². The largest absolute Gasteiger partial charge is 0.479 e. The van der Waals surface area contributed by atoms with Crippen molar-refractivity contribution in [2.75, 3.05) is 37.7 Å². The predicted molar refractivity (Wildman–Crippen MR) is 112 cm³/mol. The molecule has 1 aliphatic rings. The Kier molecular flexibility index (Phi) is 6.99.